The molecule has 1 nitrogen and oxygen atoms in total. The Morgan fingerprint density at radius 3 is 2.79 bits per heavy atom. The lowest BCUT2D eigenvalue weighted by Crippen LogP contribution is -2.35. The van der Waals surface area contributed by atoms with Crippen LogP contribution in [0.1, 0.15) is 13.8 Å². The highest BCUT2D eigenvalue weighted by Gasteiger charge is 2.30. The van der Waals surface area contributed by atoms with Gasteiger partial charge in [0.25, 0.3) is 0 Å². The number of benzene rings is 1. The SMILES string of the molecule is CC1SCC(C(O)CSc2ccccc2Cl)SC1C. The Morgan fingerprint density at radius 1 is 1.37 bits per heavy atom. The fourth-order valence-electron chi connectivity index (χ4n) is 1.85. The molecule has 0 spiro atoms. The molecule has 1 aromatic rings. The van der Waals surface area contributed by atoms with Gasteiger partial charge in [-0.1, -0.05) is 37.6 Å². The maximum absolute atomic E-state index is 10.3. The van der Waals surface area contributed by atoms with E-state index in [-0.39, 0.29) is 6.10 Å². The summed E-state index contributed by atoms with van der Waals surface area (Å²) in [6.07, 6.45) is -0.270. The lowest BCUT2D eigenvalue weighted by Gasteiger charge is -2.33. The molecular weight excluding hydrogens is 316 g/mol. The molecule has 0 saturated carbocycles. The molecule has 1 aromatic carbocycles. The standard InChI is InChI=1S/C14H19ClOS3/c1-9-10(2)19-14(8-17-9)12(16)7-18-13-6-4-3-5-11(13)15/h3-6,9-10,12,14,16H,7-8H2,1-2H3. The second-order valence-corrected chi connectivity index (χ2v) is 9.23. The van der Waals surface area contributed by atoms with E-state index in [1.165, 1.54) is 0 Å². The maximum Gasteiger partial charge on any atom is 0.0760 e. The van der Waals surface area contributed by atoms with Crippen molar-refractivity contribution in [2.45, 2.75) is 40.6 Å². The summed E-state index contributed by atoms with van der Waals surface area (Å²) < 4.78 is 0. The Hall–Kier alpha value is 0.520. The van der Waals surface area contributed by atoms with E-state index in [0.29, 0.717) is 21.5 Å². The minimum Gasteiger partial charge on any atom is -0.391 e. The highest BCUT2D eigenvalue weighted by atomic mass is 35.5. The van der Waals surface area contributed by atoms with E-state index in [4.69, 9.17) is 11.6 Å². The van der Waals surface area contributed by atoms with Crippen LogP contribution in [-0.4, -0.2) is 38.5 Å². The minimum atomic E-state index is -0.270. The Kier molecular flexibility index (Phi) is 6.28. The second-order valence-electron chi connectivity index (χ2n) is 4.73. The highest BCUT2D eigenvalue weighted by molar-refractivity contribution is 8.07. The van der Waals surface area contributed by atoms with Crippen molar-refractivity contribution in [1.29, 1.82) is 0 Å². The quantitative estimate of drug-likeness (QED) is 0.822. The summed E-state index contributed by atoms with van der Waals surface area (Å²) in [5.74, 6) is 1.75. The molecule has 4 atom stereocenters. The van der Waals surface area contributed by atoms with Gasteiger partial charge < -0.3 is 5.11 Å². The van der Waals surface area contributed by atoms with Gasteiger partial charge in [-0.15, -0.1) is 11.8 Å². The molecule has 0 bridgehead atoms. The number of thioether (sulfide) groups is 3. The first-order valence-corrected chi connectivity index (χ1v) is 9.76. The van der Waals surface area contributed by atoms with Crippen LogP contribution in [0, 0.1) is 0 Å². The molecule has 0 amide bonds. The van der Waals surface area contributed by atoms with E-state index >= 15 is 0 Å². The molecule has 5 heteroatoms. The van der Waals surface area contributed by atoms with Crippen LogP contribution in [0.15, 0.2) is 29.2 Å². The zero-order valence-electron chi connectivity index (χ0n) is 11.1. The zero-order valence-corrected chi connectivity index (χ0v) is 14.3. The van der Waals surface area contributed by atoms with Crippen LogP contribution in [-0.2, 0) is 0 Å². The van der Waals surface area contributed by atoms with E-state index in [2.05, 4.69) is 13.8 Å². The third-order valence-corrected chi connectivity index (χ3v) is 8.40. The first-order valence-electron chi connectivity index (χ1n) is 6.40. The molecule has 1 aliphatic rings. The average Bonchev–Trinajstić information content (AvgIpc) is 2.40. The molecule has 0 aromatic heterocycles. The van der Waals surface area contributed by atoms with E-state index < -0.39 is 0 Å². The fourth-order valence-corrected chi connectivity index (χ4v) is 6.25. The molecule has 1 saturated heterocycles. The van der Waals surface area contributed by atoms with Gasteiger partial charge in [-0.25, -0.2) is 0 Å². The molecule has 4 unspecified atom stereocenters. The largest absolute Gasteiger partial charge is 0.391 e. The molecule has 1 aliphatic heterocycles. The van der Waals surface area contributed by atoms with Crippen molar-refractivity contribution in [3.05, 3.63) is 29.3 Å². The predicted molar refractivity (Wildman–Crippen MR) is 90.9 cm³/mol. The first kappa shape index (κ1) is 15.9. The smallest absolute Gasteiger partial charge is 0.0760 e. The molecule has 1 N–H and O–H groups in total. The molecule has 1 heterocycles. The van der Waals surface area contributed by atoms with Gasteiger partial charge in [-0.3, -0.25) is 0 Å². The van der Waals surface area contributed by atoms with Crippen molar-refractivity contribution in [1.82, 2.24) is 0 Å². The summed E-state index contributed by atoms with van der Waals surface area (Å²) in [6.45, 7) is 4.52. The Morgan fingerprint density at radius 2 is 2.11 bits per heavy atom. The monoisotopic (exact) mass is 334 g/mol. The van der Waals surface area contributed by atoms with Crippen molar-refractivity contribution < 1.29 is 5.11 Å². The minimum absolute atomic E-state index is 0.270. The Balaban J connectivity index is 1.85. The number of halogens is 1. The summed E-state index contributed by atoms with van der Waals surface area (Å²) >= 11 is 11.7. The topological polar surface area (TPSA) is 20.2 Å². The molecule has 0 radical (unpaired) electrons. The molecule has 0 aliphatic carbocycles. The van der Waals surface area contributed by atoms with E-state index in [0.717, 1.165) is 15.7 Å². The van der Waals surface area contributed by atoms with Crippen LogP contribution in [0.25, 0.3) is 0 Å². The third kappa shape index (κ3) is 4.50. The average molecular weight is 335 g/mol. The summed E-state index contributed by atoms with van der Waals surface area (Å²) in [5.41, 5.74) is 0. The van der Waals surface area contributed by atoms with Crippen molar-refractivity contribution in [3.63, 3.8) is 0 Å². The molecular formula is C14H19ClOS3. The van der Waals surface area contributed by atoms with Crippen LogP contribution in [0.5, 0.6) is 0 Å². The van der Waals surface area contributed by atoms with Gasteiger partial charge in [0.1, 0.15) is 0 Å². The van der Waals surface area contributed by atoms with Crippen molar-refractivity contribution in [2.24, 2.45) is 0 Å². The number of aliphatic hydroxyl groups excluding tert-OH is 1. The summed E-state index contributed by atoms with van der Waals surface area (Å²) in [4.78, 5) is 1.05. The van der Waals surface area contributed by atoms with Crippen LogP contribution in [0.4, 0.5) is 0 Å². The van der Waals surface area contributed by atoms with Gasteiger partial charge >= 0.3 is 0 Å². The van der Waals surface area contributed by atoms with Gasteiger partial charge in [-0.2, -0.15) is 23.5 Å². The van der Waals surface area contributed by atoms with Crippen LogP contribution in [0.3, 0.4) is 0 Å². The van der Waals surface area contributed by atoms with Gasteiger partial charge in [0.05, 0.1) is 11.1 Å². The normalized spacial score (nSPS) is 29.2. The Bertz CT molecular complexity index is 415. The molecule has 106 valence electrons. The van der Waals surface area contributed by atoms with Gasteiger partial charge in [0.2, 0.25) is 0 Å². The lowest BCUT2D eigenvalue weighted by atomic mass is 10.3. The number of hydrogen-bond donors (Lipinski definition) is 1. The third-order valence-electron chi connectivity index (χ3n) is 3.25. The van der Waals surface area contributed by atoms with E-state index in [1.807, 2.05) is 47.8 Å². The molecule has 19 heavy (non-hydrogen) atoms. The summed E-state index contributed by atoms with van der Waals surface area (Å²) in [7, 11) is 0. The summed E-state index contributed by atoms with van der Waals surface area (Å²) in [5, 5.41) is 12.7. The number of aliphatic hydroxyl groups is 1. The van der Waals surface area contributed by atoms with E-state index in [1.54, 1.807) is 11.8 Å². The lowest BCUT2D eigenvalue weighted by molar-refractivity contribution is 0.201. The van der Waals surface area contributed by atoms with E-state index in [9.17, 15) is 5.11 Å². The van der Waals surface area contributed by atoms with Crippen LogP contribution < -0.4 is 0 Å². The zero-order chi connectivity index (χ0) is 13.8. The first-order chi connectivity index (χ1) is 9.08. The van der Waals surface area contributed by atoms with Crippen LogP contribution >= 0.6 is 46.9 Å². The van der Waals surface area contributed by atoms with Crippen molar-refractivity contribution >= 4 is 46.9 Å². The van der Waals surface area contributed by atoms with Gasteiger partial charge in [-0.05, 0) is 12.1 Å². The second kappa shape index (κ2) is 7.51. The molecule has 1 fully saturated rings. The number of hydrogen-bond acceptors (Lipinski definition) is 4. The van der Waals surface area contributed by atoms with Crippen LogP contribution in [0.2, 0.25) is 5.02 Å². The van der Waals surface area contributed by atoms with Gasteiger partial charge in [0.15, 0.2) is 0 Å². The highest BCUT2D eigenvalue weighted by Crippen LogP contribution is 2.38. The summed E-state index contributed by atoms with van der Waals surface area (Å²) in [6, 6.07) is 7.81. The fraction of sp³-hybridized carbons (Fsp3) is 0.571. The van der Waals surface area contributed by atoms with Crippen molar-refractivity contribution in [3.8, 4) is 0 Å². The molecule has 2 rings (SSSR count). The van der Waals surface area contributed by atoms with Gasteiger partial charge in [0, 0.05) is 32.2 Å². The van der Waals surface area contributed by atoms with Crippen molar-refractivity contribution in [2.75, 3.05) is 11.5 Å². The number of rotatable bonds is 4. The Labute approximate surface area is 133 Å². The predicted octanol–water partition coefficient (Wildman–Crippen LogP) is 4.42. The maximum atomic E-state index is 10.3.